The van der Waals surface area contributed by atoms with Crippen molar-refractivity contribution in [3.63, 3.8) is 0 Å². The van der Waals surface area contributed by atoms with Crippen LogP contribution in [0.3, 0.4) is 0 Å². The number of methoxy groups -OCH3 is 1. The molecule has 2 aromatic carbocycles. The van der Waals surface area contributed by atoms with Gasteiger partial charge in [-0.15, -0.1) is 0 Å². The lowest BCUT2D eigenvalue weighted by Gasteiger charge is -2.19. The van der Waals surface area contributed by atoms with Crippen molar-refractivity contribution in [2.45, 2.75) is 26.2 Å². The van der Waals surface area contributed by atoms with Gasteiger partial charge in [0.1, 0.15) is 5.75 Å². The minimum atomic E-state index is 0.175. The number of benzene rings is 2. The molecule has 1 unspecified atom stereocenters. The number of rotatable bonds is 5. The molecule has 2 heteroatoms. The van der Waals surface area contributed by atoms with Crippen molar-refractivity contribution in [1.82, 2.24) is 0 Å². The van der Waals surface area contributed by atoms with E-state index in [-0.39, 0.29) is 12.5 Å². The number of hydrogen-bond donors (Lipinski definition) is 1. The molecule has 0 amide bonds. The number of aliphatic hydroxyl groups excluding tert-OH is 1. The van der Waals surface area contributed by atoms with E-state index in [4.69, 9.17) is 4.74 Å². The molecule has 0 aliphatic rings. The van der Waals surface area contributed by atoms with Crippen molar-refractivity contribution >= 4 is 0 Å². The van der Waals surface area contributed by atoms with Gasteiger partial charge in [-0.05, 0) is 43.5 Å². The average molecular weight is 270 g/mol. The smallest absolute Gasteiger partial charge is 0.119 e. The van der Waals surface area contributed by atoms with Crippen molar-refractivity contribution in [3.05, 3.63) is 64.7 Å². The zero-order valence-electron chi connectivity index (χ0n) is 12.4. The molecule has 0 aliphatic carbocycles. The lowest BCUT2D eigenvalue weighted by molar-refractivity contribution is 0.281. The summed E-state index contributed by atoms with van der Waals surface area (Å²) in [6.45, 7) is 4.39. The van der Waals surface area contributed by atoms with Gasteiger partial charge < -0.3 is 9.84 Å². The number of hydrogen-bond acceptors (Lipinski definition) is 2. The van der Waals surface area contributed by atoms with E-state index in [0.29, 0.717) is 0 Å². The molecule has 2 nitrogen and oxygen atoms in total. The van der Waals surface area contributed by atoms with E-state index in [0.717, 1.165) is 12.2 Å². The van der Waals surface area contributed by atoms with Gasteiger partial charge in [0.05, 0.1) is 7.11 Å². The fourth-order valence-corrected chi connectivity index (χ4v) is 2.72. The third kappa shape index (κ3) is 3.40. The van der Waals surface area contributed by atoms with Gasteiger partial charge in [-0.3, -0.25) is 0 Å². The molecule has 0 saturated carbocycles. The molecule has 1 N–H and O–H groups in total. The monoisotopic (exact) mass is 270 g/mol. The Labute approximate surface area is 121 Å². The van der Waals surface area contributed by atoms with Crippen LogP contribution in [-0.4, -0.2) is 18.8 Å². The summed E-state index contributed by atoms with van der Waals surface area (Å²) in [6.07, 6.45) is 0.718. The Bertz CT molecular complexity index is 555. The Balaban J connectivity index is 2.43. The van der Waals surface area contributed by atoms with E-state index in [2.05, 4.69) is 44.2 Å². The van der Waals surface area contributed by atoms with Crippen LogP contribution in [0.25, 0.3) is 0 Å². The molecule has 106 valence electrons. The fourth-order valence-electron chi connectivity index (χ4n) is 2.72. The minimum absolute atomic E-state index is 0.175. The largest absolute Gasteiger partial charge is 0.497 e. The van der Waals surface area contributed by atoms with E-state index in [1.807, 2.05) is 12.1 Å². The highest BCUT2D eigenvalue weighted by molar-refractivity contribution is 5.40. The molecule has 0 heterocycles. The summed E-state index contributed by atoms with van der Waals surface area (Å²) in [5.74, 6) is 1.06. The van der Waals surface area contributed by atoms with Crippen LogP contribution in [0.15, 0.2) is 42.5 Å². The summed E-state index contributed by atoms with van der Waals surface area (Å²) in [5, 5.41) is 9.39. The Hall–Kier alpha value is -1.80. The van der Waals surface area contributed by atoms with Crippen LogP contribution in [0.2, 0.25) is 0 Å². The predicted molar refractivity (Wildman–Crippen MR) is 82.5 cm³/mol. The molecule has 0 spiro atoms. The molecule has 0 aliphatic heterocycles. The van der Waals surface area contributed by atoms with Crippen molar-refractivity contribution in [2.24, 2.45) is 0 Å². The van der Waals surface area contributed by atoms with Gasteiger partial charge in [-0.2, -0.15) is 0 Å². The van der Waals surface area contributed by atoms with Crippen LogP contribution in [0.1, 0.15) is 34.6 Å². The first kappa shape index (κ1) is 14.6. The molecule has 0 radical (unpaired) electrons. The van der Waals surface area contributed by atoms with Crippen molar-refractivity contribution in [3.8, 4) is 5.75 Å². The number of ether oxygens (including phenoxy) is 1. The molecule has 2 rings (SSSR count). The highest BCUT2D eigenvalue weighted by Crippen LogP contribution is 2.31. The second kappa shape index (κ2) is 6.58. The summed E-state index contributed by atoms with van der Waals surface area (Å²) in [7, 11) is 1.68. The SMILES string of the molecule is COc1cccc(C(CCO)c2cc(C)cc(C)c2)c1. The standard InChI is InChI=1S/C18H22O2/c1-13-9-14(2)11-16(10-13)18(7-8-19)15-5-4-6-17(12-15)20-3/h4-6,9-12,18-19H,7-8H2,1-3H3. The fraction of sp³-hybridized carbons (Fsp3) is 0.333. The highest BCUT2D eigenvalue weighted by atomic mass is 16.5. The first-order valence-electron chi connectivity index (χ1n) is 6.97. The van der Waals surface area contributed by atoms with E-state index >= 15 is 0 Å². The lowest BCUT2D eigenvalue weighted by atomic mass is 9.87. The Kier molecular flexibility index (Phi) is 4.80. The van der Waals surface area contributed by atoms with Gasteiger partial charge in [0.25, 0.3) is 0 Å². The molecule has 2 aromatic rings. The first-order valence-corrected chi connectivity index (χ1v) is 6.97. The predicted octanol–water partition coefficient (Wildman–Crippen LogP) is 3.83. The molecule has 1 atom stereocenters. The third-order valence-electron chi connectivity index (χ3n) is 3.56. The molecule has 0 bridgehead atoms. The topological polar surface area (TPSA) is 29.5 Å². The summed E-state index contributed by atoms with van der Waals surface area (Å²) >= 11 is 0. The minimum Gasteiger partial charge on any atom is -0.497 e. The molecular weight excluding hydrogens is 248 g/mol. The summed E-state index contributed by atoms with van der Waals surface area (Å²) in [5.41, 5.74) is 4.95. The maximum atomic E-state index is 9.39. The first-order chi connectivity index (χ1) is 9.63. The van der Waals surface area contributed by atoms with Crippen LogP contribution in [0.4, 0.5) is 0 Å². The summed E-state index contributed by atoms with van der Waals surface area (Å²) in [6, 6.07) is 14.7. The Morgan fingerprint density at radius 1 is 1.00 bits per heavy atom. The van der Waals surface area contributed by atoms with Gasteiger partial charge in [0.2, 0.25) is 0 Å². The third-order valence-corrected chi connectivity index (χ3v) is 3.56. The van der Waals surface area contributed by atoms with E-state index in [9.17, 15) is 5.11 Å². The zero-order chi connectivity index (χ0) is 14.5. The number of aliphatic hydroxyl groups is 1. The molecule has 0 aromatic heterocycles. The van der Waals surface area contributed by atoms with Crippen LogP contribution in [0, 0.1) is 13.8 Å². The Morgan fingerprint density at radius 3 is 2.30 bits per heavy atom. The van der Waals surface area contributed by atoms with Gasteiger partial charge in [-0.1, -0.05) is 41.5 Å². The molecule has 0 fully saturated rings. The van der Waals surface area contributed by atoms with Gasteiger partial charge in [-0.25, -0.2) is 0 Å². The second-order valence-electron chi connectivity index (χ2n) is 5.26. The zero-order valence-corrected chi connectivity index (χ0v) is 12.4. The van der Waals surface area contributed by atoms with Crippen LogP contribution in [0.5, 0.6) is 5.75 Å². The van der Waals surface area contributed by atoms with Crippen LogP contribution >= 0.6 is 0 Å². The quantitative estimate of drug-likeness (QED) is 0.894. The molecular formula is C18H22O2. The van der Waals surface area contributed by atoms with Crippen LogP contribution < -0.4 is 4.74 Å². The normalized spacial score (nSPS) is 12.2. The van der Waals surface area contributed by atoms with Gasteiger partial charge in [0.15, 0.2) is 0 Å². The highest BCUT2D eigenvalue weighted by Gasteiger charge is 2.15. The van der Waals surface area contributed by atoms with Crippen molar-refractivity contribution in [1.29, 1.82) is 0 Å². The lowest BCUT2D eigenvalue weighted by Crippen LogP contribution is -2.05. The number of aryl methyl sites for hydroxylation is 2. The van der Waals surface area contributed by atoms with Gasteiger partial charge in [0, 0.05) is 12.5 Å². The maximum absolute atomic E-state index is 9.39. The molecule has 0 saturated heterocycles. The summed E-state index contributed by atoms with van der Waals surface area (Å²) < 4.78 is 5.30. The summed E-state index contributed by atoms with van der Waals surface area (Å²) in [4.78, 5) is 0. The van der Waals surface area contributed by atoms with Gasteiger partial charge >= 0.3 is 0 Å². The van der Waals surface area contributed by atoms with Crippen molar-refractivity contribution in [2.75, 3.05) is 13.7 Å². The second-order valence-corrected chi connectivity index (χ2v) is 5.26. The van der Waals surface area contributed by atoms with Crippen molar-refractivity contribution < 1.29 is 9.84 Å². The van der Waals surface area contributed by atoms with Crippen LogP contribution in [-0.2, 0) is 0 Å². The average Bonchev–Trinajstić information content (AvgIpc) is 2.43. The van der Waals surface area contributed by atoms with E-state index in [1.54, 1.807) is 7.11 Å². The van der Waals surface area contributed by atoms with E-state index < -0.39 is 0 Å². The van der Waals surface area contributed by atoms with E-state index in [1.165, 1.54) is 22.3 Å². The maximum Gasteiger partial charge on any atom is 0.119 e. The molecule has 20 heavy (non-hydrogen) atoms. The Morgan fingerprint density at radius 2 is 1.70 bits per heavy atom.